The molecule has 1 fully saturated rings. The van der Waals surface area contributed by atoms with Crippen LogP contribution in [0, 0.1) is 0 Å². The maximum atomic E-state index is 13.0. The number of sulfonamides is 1. The van der Waals surface area contributed by atoms with Crippen molar-refractivity contribution in [3.63, 3.8) is 0 Å². The number of imidazole rings is 1. The number of carbonyl (C=O) groups is 1. The number of carboxylic acids is 1. The van der Waals surface area contributed by atoms with Crippen LogP contribution in [0.15, 0.2) is 46.2 Å². The highest BCUT2D eigenvalue weighted by molar-refractivity contribution is 7.89. The summed E-state index contributed by atoms with van der Waals surface area (Å²) in [7, 11) is -3.82. The summed E-state index contributed by atoms with van der Waals surface area (Å²) >= 11 is 12.0. The molecule has 4 rings (SSSR count). The molecule has 164 valence electrons. The molecule has 0 amide bonds. The highest BCUT2D eigenvalue weighted by Gasteiger charge is 2.33. The van der Waals surface area contributed by atoms with Gasteiger partial charge in [-0.1, -0.05) is 23.2 Å². The Hall–Kier alpha value is -2.40. The molecule has 0 spiro atoms. The van der Waals surface area contributed by atoms with Gasteiger partial charge in [0.05, 0.1) is 10.5 Å². The maximum Gasteiger partial charge on any atom is 0.331 e. The summed E-state index contributed by atoms with van der Waals surface area (Å²) in [4.78, 5) is 28.3. The van der Waals surface area contributed by atoms with Crippen molar-refractivity contribution in [1.29, 1.82) is 0 Å². The number of nitrogens with zero attached hydrogens (tertiary/aromatic N) is 4. The number of halogens is 2. The molecule has 31 heavy (non-hydrogen) atoms. The molecule has 0 radical (unpaired) electrons. The van der Waals surface area contributed by atoms with E-state index >= 15 is 0 Å². The number of hydrogen-bond donors (Lipinski definition) is 1. The highest BCUT2D eigenvalue weighted by Crippen LogP contribution is 2.32. The van der Waals surface area contributed by atoms with Gasteiger partial charge in [0.25, 0.3) is 0 Å². The Labute approximate surface area is 187 Å². The summed E-state index contributed by atoms with van der Waals surface area (Å²) in [6.07, 6.45) is 2.26. The van der Waals surface area contributed by atoms with Crippen LogP contribution in [0.3, 0.4) is 0 Å². The standard InChI is InChI=1S/C19H18Cl2N4O5S/c20-12-3-4-16(14(21)10-12)31(29,30)23-8-5-13(6-9-23)25-15-2-1-7-22-18(15)24(19(25)28)11-17(26)27/h1-4,7,10,13H,5-6,8-9,11H2,(H,26,27). The molecule has 3 heterocycles. The molecule has 0 aliphatic carbocycles. The first-order valence-electron chi connectivity index (χ1n) is 9.43. The van der Waals surface area contributed by atoms with E-state index in [2.05, 4.69) is 4.98 Å². The van der Waals surface area contributed by atoms with E-state index in [4.69, 9.17) is 28.3 Å². The van der Waals surface area contributed by atoms with Crippen LogP contribution in [0.4, 0.5) is 0 Å². The van der Waals surface area contributed by atoms with Gasteiger partial charge in [-0.25, -0.2) is 18.2 Å². The van der Waals surface area contributed by atoms with Gasteiger partial charge in [-0.05, 0) is 43.2 Å². The average molecular weight is 485 g/mol. The van der Waals surface area contributed by atoms with Crippen molar-refractivity contribution in [3.05, 3.63) is 57.1 Å². The minimum Gasteiger partial charge on any atom is -0.480 e. The topological polar surface area (TPSA) is 114 Å². The number of piperidine rings is 1. The molecule has 1 saturated heterocycles. The van der Waals surface area contributed by atoms with Crippen molar-refractivity contribution in [1.82, 2.24) is 18.4 Å². The summed E-state index contributed by atoms with van der Waals surface area (Å²) in [5, 5.41) is 9.54. The molecule has 3 aromatic rings. The zero-order chi connectivity index (χ0) is 22.3. The van der Waals surface area contributed by atoms with Gasteiger partial charge in [-0.3, -0.25) is 13.9 Å². The second-order valence-electron chi connectivity index (χ2n) is 7.19. The fourth-order valence-electron chi connectivity index (χ4n) is 3.90. The van der Waals surface area contributed by atoms with E-state index in [1.807, 2.05) is 0 Å². The minimum atomic E-state index is -3.82. The second kappa shape index (κ2) is 8.27. The van der Waals surface area contributed by atoms with Gasteiger partial charge >= 0.3 is 11.7 Å². The van der Waals surface area contributed by atoms with E-state index in [-0.39, 0.29) is 34.7 Å². The quantitative estimate of drug-likeness (QED) is 0.594. The fraction of sp³-hybridized carbons (Fsp3) is 0.316. The first-order valence-corrected chi connectivity index (χ1v) is 11.6. The van der Waals surface area contributed by atoms with Gasteiger partial charge < -0.3 is 5.11 Å². The Kier molecular flexibility index (Phi) is 5.82. The fourth-order valence-corrected chi connectivity index (χ4v) is 6.12. The third-order valence-electron chi connectivity index (χ3n) is 5.31. The minimum absolute atomic E-state index is 0.0172. The van der Waals surface area contributed by atoms with E-state index in [1.54, 1.807) is 12.1 Å². The largest absolute Gasteiger partial charge is 0.480 e. The molecule has 1 aliphatic heterocycles. The molecule has 0 unspecified atom stereocenters. The molecule has 1 aliphatic rings. The van der Waals surface area contributed by atoms with Gasteiger partial charge in [0, 0.05) is 30.4 Å². The number of pyridine rings is 1. The number of rotatable bonds is 5. The molecule has 12 heteroatoms. The first kappa shape index (κ1) is 21.8. The van der Waals surface area contributed by atoms with Gasteiger partial charge in [0.2, 0.25) is 10.0 Å². The van der Waals surface area contributed by atoms with Crippen LogP contribution in [-0.4, -0.2) is 51.0 Å². The van der Waals surface area contributed by atoms with E-state index in [0.717, 1.165) is 4.57 Å². The first-order chi connectivity index (χ1) is 14.7. The Bertz CT molecular complexity index is 1330. The lowest BCUT2D eigenvalue weighted by Crippen LogP contribution is -2.41. The molecule has 0 saturated carbocycles. The van der Waals surface area contributed by atoms with E-state index in [9.17, 15) is 18.0 Å². The van der Waals surface area contributed by atoms with Crippen molar-refractivity contribution < 1.29 is 18.3 Å². The predicted octanol–water partition coefficient (Wildman–Crippen LogP) is 2.62. The third-order valence-corrected chi connectivity index (χ3v) is 7.93. The van der Waals surface area contributed by atoms with Crippen LogP contribution in [0.25, 0.3) is 11.2 Å². The van der Waals surface area contributed by atoms with Crippen LogP contribution in [0.2, 0.25) is 10.0 Å². The smallest absolute Gasteiger partial charge is 0.331 e. The van der Waals surface area contributed by atoms with Crippen LogP contribution >= 0.6 is 23.2 Å². The van der Waals surface area contributed by atoms with Gasteiger partial charge in [-0.15, -0.1) is 0 Å². The molecule has 1 aromatic carbocycles. The summed E-state index contributed by atoms with van der Waals surface area (Å²) < 4.78 is 30.0. The number of aromatic nitrogens is 3. The number of benzene rings is 1. The third kappa shape index (κ3) is 3.96. The zero-order valence-electron chi connectivity index (χ0n) is 16.1. The molecule has 1 N–H and O–H groups in total. The van der Waals surface area contributed by atoms with Crippen molar-refractivity contribution in [2.24, 2.45) is 0 Å². The molecular formula is C19H18Cl2N4O5S. The normalized spacial score (nSPS) is 16.1. The number of aliphatic carboxylic acids is 1. The molecule has 9 nitrogen and oxygen atoms in total. The molecular weight excluding hydrogens is 467 g/mol. The summed E-state index contributed by atoms with van der Waals surface area (Å²) in [5.74, 6) is -1.15. The number of fused-ring (bicyclic) bond motifs is 1. The van der Waals surface area contributed by atoms with Crippen molar-refractivity contribution in [2.45, 2.75) is 30.3 Å². The maximum absolute atomic E-state index is 13.0. The lowest BCUT2D eigenvalue weighted by molar-refractivity contribution is -0.137. The Balaban J connectivity index is 1.62. The monoisotopic (exact) mass is 484 g/mol. The van der Waals surface area contributed by atoms with Gasteiger partial charge in [0.15, 0.2) is 5.65 Å². The summed E-state index contributed by atoms with van der Waals surface area (Å²) in [5.41, 5.74) is 0.340. The number of hydrogen-bond acceptors (Lipinski definition) is 5. The highest BCUT2D eigenvalue weighted by atomic mass is 35.5. The number of carboxylic acid groups (broad SMARTS) is 1. The Morgan fingerprint density at radius 2 is 1.90 bits per heavy atom. The average Bonchev–Trinajstić information content (AvgIpc) is 2.99. The lowest BCUT2D eigenvalue weighted by Gasteiger charge is -2.32. The van der Waals surface area contributed by atoms with Crippen LogP contribution in [0.1, 0.15) is 18.9 Å². The Morgan fingerprint density at radius 3 is 2.55 bits per heavy atom. The summed E-state index contributed by atoms with van der Waals surface area (Å²) in [6, 6.07) is 7.32. The van der Waals surface area contributed by atoms with Gasteiger partial charge in [0.1, 0.15) is 11.4 Å². The van der Waals surface area contributed by atoms with E-state index in [1.165, 1.54) is 33.3 Å². The molecule has 2 aromatic heterocycles. The van der Waals surface area contributed by atoms with Crippen LogP contribution in [-0.2, 0) is 21.4 Å². The Morgan fingerprint density at radius 1 is 1.19 bits per heavy atom. The molecule has 0 atom stereocenters. The van der Waals surface area contributed by atoms with Gasteiger partial charge in [-0.2, -0.15) is 4.31 Å². The van der Waals surface area contributed by atoms with E-state index in [0.29, 0.717) is 23.4 Å². The second-order valence-corrected chi connectivity index (χ2v) is 9.94. The molecule has 0 bridgehead atoms. The van der Waals surface area contributed by atoms with Crippen LogP contribution in [0.5, 0.6) is 0 Å². The van der Waals surface area contributed by atoms with Crippen molar-refractivity contribution >= 4 is 50.4 Å². The van der Waals surface area contributed by atoms with Crippen LogP contribution < -0.4 is 5.69 Å². The van der Waals surface area contributed by atoms with Crippen molar-refractivity contribution in [2.75, 3.05) is 13.1 Å². The van der Waals surface area contributed by atoms with E-state index < -0.39 is 28.2 Å². The van der Waals surface area contributed by atoms with Crippen molar-refractivity contribution in [3.8, 4) is 0 Å². The predicted molar refractivity (Wildman–Crippen MR) is 115 cm³/mol. The zero-order valence-corrected chi connectivity index (χ0v) is 18.4. The SMILES string of the molecule is O=C(O)Cn1c(=O)n(C2CCN(S(=O)(=O)c3ccc(Cl)cc3Cl)CC2)c2cccnc21. The lowest BCUT2D eigenvalue weighted by atomic mass is 10.1. The summed E-state index contributed by atoms with van der Waals surface area (Å²) in [6.45, 7) is -0.129.